The van der Waals surface area contributed by atoms with Gasteiger partial charge in [-0.15, -0.1) is 6.42 Å². The fourth-order valence-electron chi connectivity index (χ4n) is 2.63. The highest BCUT2D eigenvalue weighted by molar-refractivity contribution is 7.89. The smallest absolute Gasteiger partial charge is 0.251 e. The van der Waals surface area contributed by atoms with Crippen molar-refractivity contribution in [2.75, 3.05) is 27.2 Å². The van der Waals surface area contributed by atoms with Crippen LogP contribution in [0.1, 0.15) is 21.5 Å². The molecule has 0 saturated heterocycles. The summed E-state index contributed by atoms with van der Waals surface area (Å²) in [5.74, 6) is 1.57. The van der Waals surface area contributed by atoms with Gasteiger partial charge in [-0.1, -0.05) is 41.8 Å². The van der Waals surface area contributed by atoms with Gasteiger partial charge in [-0.25, -0.2) is 12.7 Å². The number of benzene rings is 2. The van der Waals surface area contributed by atoms with E-state index in [4.69, 9.17) is 6.42 Å². The average Bonchev–Trinajstić information content (AvgIpc) is 2.73. The van der Waals surface area contributed by atoms with E-state index in [1.165, 1.54) is 43.3 Å². The number of carbonyl (C=O) groups is 2. The lowest BCUT2D eigenvalue weighted by atomic mass is 10.1. The summed E-state index contributed by atoms with van der Waals surface area (Å²) in [5, 5.41) is 2.53. The Morgan fingerprint density at radius 1 is 1.10 bits per heavy atom. The van der Waals surface area contributed by atoms with Crippen LogP contribution in [-0.2, 0) is 21.4 Å². The number of carbonyl (C=O) groups excluding carboxylic acids is 2. The second kappa shape index (κ2) is 10.1. The summed E-state index contributed by atoms with van der Waals surface area (Å²) < 4.78 is 25.6. The number of amides is 2. The molecule has 30 heavy (non-hydrogen) atoms. The van der Waals surface area contributed by atoms with Gasteiger partial charge in [0.15, 0.2) is 0 Å². The third-order valence-corrected chi connectivity index (χ3v) is 6.21. The van der Waals surface area contributed by atoms with Gasteiger partial charge in [-0.3, -0.25) is 9.59 Å². The van der Waals surface area contributed by atoms with Gasteiger partial charge in [0.05, 0.1) is 18.0 Å². The molecule has 0 radical (unpaired) electrons. The minimum absolute atomic E-state index is 0.000180. The van der Waals surface area contributed by atoms with Gasteiger partial charge in [0.2, 0.25) is 15.9 Å². The summed E-state index contributed by atoms with van der Waals surface area (Å²) in [6.45, 7) is 2.16. The molecular formula is C22H25N3O4S. The molecule has 0 fully saturated rings. The third-order valence-electron chi connectivity index (χ3n) is 4.40. The average molecular weight is 428 g/mol. The Morgan fingerprint density at radius 2 is 1.77 bits per heavy atom. The maximum absolute atomic E-state index is 12.6. The second-order valence-electron chi connectivity index (χ2n) is 6.94. The van der Waals surface area contributed by atoms with Crippen LogP contribution in [-0.4, -0.2) is 56.6 Å². The molecule has 2 amide bonds. The van der Waals surface area contributed by atoms with Crippen molar-refractivity contribution in [1.82, 2.24) is 14.5 Å². The normalized spacial score (nSPS) is 11.0. The molecule has 2 rings (SSSR count). The lowest BCUT2D eigenvalue weighted by Gasteiger charge is -2.21. The van der Waals surface area contributed by atoms with Gasteiger partial charge in [0.25, 0.3) is 5.91 Å². The third kappa shape index (κ3) is 5.92. The van der Waals surface area contributed by atoms with Crippen molar-refractivity contribution in [3.05, 3.63) is 65.2 Å². The molecule has 2 aromatic carbocycles. The lowest BCUT2D eigenvalue weighted by molar-refractivity contribution is -0.130. The molecular weight excluding hydrogens is 402 g/mol. The van der Waals surface area contributed by atoms with Crippen LogP contribution in [0.25, 0.3) is 0 Å². The van der Waals surface area contributed by atoms with Crippen molar-refractivity contribution < 1.29 is 18.0 Å². The molecule has 0 aliphatic heterocycles. The Balaban J connectivity index is 2.06. The van der Waals surface area contributed by atoms with Gasteiger partial charge in [-0.05, 0) is 30.7 Å². The van der Waals surface area contributed by atoms with Crippen molar-refractivity contribution in [2.24, 2.45) is 0 Å². The Labute approximate surface area is 177 Å². The van der Waals surface area contributed by atoms with Crippen molar-refractivity contribution in [2.45, 2.75) is 18.4 Å². The van der Waals surface area contributed by atoms with Crippen LogP contribution in [0, 0.1) is 19.3 Å². The molecule has 158 valence electrons. The highest BCUT2D eigenvalue weighted by Gasteiger charge is 2.19. The molecule has 8 heteroatoms. The first kappa shape index (κ1) is 23.1. The number of hydrogen-bond donors (Lipinski definition) is 1. The Kier molecular flexibility index (Phi) is 7.75. The number of hydrogen-bond acceptors (Lipinski definition) is 4. The lowest BCUT2D eigenvalue weighted by Crippen LogP contribution is -2.40. The summed E-state index contributed by atoms with van der Waals surface area (Å²) in [5.41, 5.74) is 2.18. The molecule has 0 aromatic heterocycles. The van der Waals surface area contributed by atoms with E-state index in [2.05, 4.69) is 11.2 Å². The molecule has 0 spiro atoms. The van der Waals surface area contributed by atoms with Gasteiger partial charge >= 0.3 is 0 Å². The molecule has 2 aromatic rings. The first-order valence-electron chi connectivity index (χ1n) is 9.22. The van der Waals surface area contributed by atoms with E-state index in [0.29, 0.717) is 6.54 Å². The van der Waals surface area contributed by atoms with Gasteiger partial charge in [0.1, 0.15) is 0 Å². The maximum atomic E-state index is 12.6. The summed E-state index contributed by atoms with van der Waals surface area (Å²) in [6, 6.07) is 13.4. The van der Waals surface area contributed by atoms with E-state index in [0.717, 1.165) is 15.4 Å². The van der Waals surface area contributed by atoms with Crippen LogP contribution in [0.2, 0.25) is 0 Å². The van der Waals surface area contributed by atoms with Gasteiger partial charge in [-0.2, -0.15) is 0 Å². The fraction of sp³-hybridized carbons (Fsp3) is 0.273. The van der Waals surface area contributed by atoms with E-state index in [1.807, 2.05) is 31.2 Å². The Bertz CT molecular complexity index is 1050. The minimum Gasteiger partial charge on any atom is -0.343 e. The first-order chi connectivity index (χ1) is 14.1. The zero-order valence-electron chi connectivity index (χ0n) is 17.3. The predicted octanol–water partition coefficient (Wildman–Crippen LogP) is 1.64. The van der Waals surface area contributed by atoms with Crippen LogP contribution in [0.15, 0.2) is 53.4 Å². The Hall–Kier alpha value is -3.15. The fourth-order valence-corrected chi connectivity index (χ4v) is 3.58. The number of nitrogens with one attached hydrogen (secondary N) is 1. The largest absolute Gasteiger partial charge is 0.343 e. The number of aryl methyl sites for hydroxylation is 1. The van der Waals surface area contributed by atoms with Crippen LogP contribution in [0.4, 0.5) is 0 Å². The summed E-state index contributed by atoms with van der Waals surface area (Å²) in [6.07, 6.45) is 5.38. The quantitative estimate of drug-likeness (QED) is 0.649. The number of sulfonamides is 1. The molecule has 0 aliphatic rings. The maximum Gasteiger partial charge on any atom is 0.251 e. The SMILES string of the molecule is C#CCN(Cc1ccc(C)cc1)C(=O)CNC(=O)c1cccc(S(=O)(=O)N(C)C)c1. The zero-order chi connectivity index (χ0) is 22.3. The van der Waals surface area contributed by atoms with Crippen LogP contribution < -0.4 is 5.32 Å². The molecule has 0 bridgehead atoms. The summed E-state index contributed by atoms with van der Waals surface area (Å²) in [7, 11) is -0.844. The Morgan fingerprint density at radius 3 is 2.37 bits per heavy atom. The van der Waals surface area contributed by atoms with E-state index in [9.17, 15) is 18.0 Å². The number of rotatable bonds is 8. The highest BCUT2D eigenvalue weighted by atomic mass is 32.2. The number of nitrogens with zero attached hydrogens (tertiary/aromatic N) is 2. The van der Waals surface area contributed by atoms with E-state index in [1.54, 1.807) is 0 Å². The zero-order valence-corrected chi connectivity index (χ0v) is 18.1. The molecule has 0 unspecified atom stereocenters. The first-order valence-corrected chi connectivity index (χ1v) is 10.7. The monoisotopic (exact) mass is 427 g/mol. The van der Waals surface area contributed by atoms with Crippen LogP contribution in [0.5, 0.6) is 0 Å². The van der Waals surface area contributed by atoms with Gasteiger partial charge in [0, 0.05) is 26.2 Å². The number of terminal acetylenes is 1. The highest BCUT2D eigenvalue weighted by Crippen LogP contribution is 2.15. The molecule has 0 saturated carbocycles. The van der Waals surface area contributed by atoms with Gasteiger partial charge < -0.3 is 10.2 Å². The van der Waals surface area contributed by atoms with Crippen molar-refractivity contribution >= 4 is 21.8 Å². The van der Waals surface area contributed by atoms with E-state index < -0.39 is 15.9 Å². The molecule has 1 N–H and O–H groups in total. The predicted molar refractivity (Wildman–Crippen MR) is 115 cm³/mol. The standard InChI is InChI=1S/C22H25N3O4S/c1-5-13-25(16-18-11-9-17(2)10-12-18)21(26)15-23-22(27)19-7-6-8-20(14-19)30(28,29)24(3)4/h1,6-12,14H,13,15-16H2,2-4H3,(H,23,27). The molecule has 0 aliphatic carbocycles. The van der Waals surface area contributed by atoms with Crippen molar-refractivity contribution in [1.29, 1.82) is 0 Å². The van der Waals surface area contributed by atoms with Crippen LogP contribution >= 0.6 is 0 Å². The molecule has 7 nitrogen and oxygen atoms in total. The second-order valence-corrected chi connectivity index (χ2v) is 9.09. The molecule has 0 heterocycles. The van der Waals surface area contributed by atoms with Crippen molar-refractivity contribution in [3.63, 3.8) is 0 Å². The van der Waals surface area contributed by atoms with Crippen LogP contribution in [0.3, 0.4) is 0 Å². The van der Waals surface area contributed by atoms with E-state index in [-0.39, 0.29) is 29.5 Å². The van der Waals surface area contributed by atoms with E-state index >= 15 is 0 Å². The van der Waals surface area contributed by atoms with Crippen molar-refractivity contribution in [3.8, 4) is 12.3 Å². The molecule has 0 atom stereocenters. The summed E-state index contributed by atoms with van der Waals surface area (Å²) >= 11 is 0. The topological polar surface area (TPSA) is 86.8 Å². The summed E-state index contributed by atoms with van der Waals surface area (Å²) in [4.78, 5) is 26.5. The minimum atomic E-state index is -3.67.